The van der Waals surface area contributed by atoms with Crippen LogP contribution in [0.1, 0.15) is 35.7 Å². The van der Waals surface area contributed by atoms with Gasteiger partial charge in [-0.2, -0.15) is 5.10 Å². The third-order valence-electron chi connectivity index (χ3n) is 5.79. The minimum atomic E-state index is -0.126. The van der Waals surface area contributed by atoms with Crippen LogP contribution in [0.5, 0.6) is 0 Å². The zero-order valence-corrected chi connectivity index (χ0v) is 17.4. The molecule has 0 saturated heterocycles. The lowest BCUT2D eigenvalue weighted by Crippen LogP contribution is -2.28. The number of amides is 1. The second kappa shape index (κ2) is 7.83. The van der Waals surface area contributed by atoms with Crippen molar-refractivity contribution in [2.75, 3.05) is 11.9 Å². The Kier molecular flexibility index (Phi) is 4.86. The Bertz CT molecular complexity index is 1220. The molecule has 0 aliphatic heterocycles. The average molecular weight is 412 g/mol. The van der Waals surface area contributed by atoms with E-state index in [0.29, 0.717) is 12.1 Å². The molecule has 5 rings (SSSR count). The first-order valence-electron chi connectivity index (χ1n) is 10.5. The molecule has 1 aliphatic carbocycles. The zero-order valence-electron chi connectivity index (χ0n) is 17.4. The summed E-state index contributed by atoms with van der Waals surface area (Å²) in [6.07, 6.45) is 11.8. The van der Waals surface area contributed by atoms with Gasteiger partial charge in [0.1, 0.15) is 0 Å². The van der Waals surface area contributed by atoms with Crippen molar-refractivity contribution in [2.45, 2.75) is 31.7 Å². The molecule has 0 bridgehead atoms. The highest BCUT2D eigenvalue weighted by atomic mass is 16.1. The molecule has 1 amide bonds. The number of hydrogen-bond acceptors (Lipinski definition) is 5. The average Bonchev–Trinajstić information content (AvgIpc) is 3.27. The van der Waals surface area contributed by atoms with E-state index in [0.717, 1.165) is 52.5 Å². The second-order valence-corrected chi connectivity index (χ2v) is 8.32. The van der Waals surface area contributed by atoms with Gasteiger partial charge in [-0.3, -0.25) is 19.9 Å². The number of anilines is 1. The molecule has 7 nitrogen and oxygen atoms in total. The number of H-pyrrole nitrogens is 1. The molecule has 3 aromatic heterocycles. The zero-order chi connectivity index (χ0) is 21.3. The van der Waals surface area contributed by atoms with Gasteiger partial charge in [0, 0.05) is 47.8 Å². The predicted octanol–water partition coefficient (Wildman–Crippen LogP) is 3.96. The van der Waals surface area contributed by atoms with Gasteiger partial charge in [0.2, 0.25) is 0 Å². The Morgan fingerprint density at radius 3 is 2.81 bits per heavy atom. The van der Waals surface area contributed by atoms with Gasteiger partial charge in [-0.15, -0.1) is 0 Å². The molecule has 3 N–H and O–H groups in total. The van der Waals surface area contributed by atoms with Crippen molar-refractivity contribution in [3.8, 4) is 11.1 Å². The van der Waals surface area contributed by atoms with Crippen molar-refractivity contribution in [2.24, 2.45) is 0 Å². The largest absolute Gasteiger partial charge is 0.379 e. The summed E-state index contributed by atoms with van der Waals surface area (Å²) in [5.74, 6) is -0.126. The van der Waals surface area contributed by atoms with E-state index in [1.165, 1.54) is 0 Å². The van der Waals surface area contributed by atoms with Crippen molar-refractivity contribution < 1.29 is 4.79 Å². The van der Waals surface area contributed by atoms with E-state index >= 15 is 0 Å². The Balaban J connectivity index is 1.47. The maximum absolute atomic E-state index is 13.1. The van der Waals surface area contributed by atoms with Gasteiger partial charge >= 0.3 is 0 Å². The van der Waals surface area contributed by atoms with Gasteiger partial charge < -0.3 is 10.6 Å². The number of pyridine rings is 2. The first-order chi connectivity index (χ1) is 15.1. The number of hydrogen-bond donors (Lipinski definition) is 3. The monoisotopic (exact) mass is 412 g/mol. The molecule has 3 heterocycles. The van der Waals surface area contributed by atoms with Crippen LogP contribution >= 0.6 is 0 Å². The number of nitrogens with zero attached hydrogens (tertiary/aromatic N) is 3. The van der Waals surface area contributed by atoms with Crippen molar-refractivity contribution in [3.63, 3.8) is 0 Å². The molecule has 0 atom stereocenters. The summed E-state index contributed by atoms with van der Waals surface area (Å²) in [5.41, 5.74) is 5.40. The number of fused-ring (bicyclic) bond motifs is 1. The van der Waals surface area contributed by atoms with Crippen LogP contribution in [0.3, 0.4) is 0 Å². The van der Waals surface area contributed by atoms with E-state index in [9.17, 15) is 4.79 Å². The van der Waals surface area contributed by atoms with E-state index in [-0.39, 0.29) is 11.4 Å². The third kappa shape index (κ3) is 4.12. The summed E-state index contributed by atoms with van der Waals surface area (Å²) in [4.78, 5) is 21.8. The molecule has 1 saturated carbocycles. The molecule has 31 heavy (non-hydrogen) atoms. The number of aromatic amines is 1. The molecule has 0 unspecified atom stereocenters. The van der Waals surface area contributed by atoms with Gasteiger partial charge in [-0.05, 0) is 55.5 Å². The molecule has 0 spiro atoms. The van der Waals surface area contributed by atoms with Gasteiger partial charge in [-0.1, -0.05) is 12.1 Å². The Hall–Kier alpha value is -3.74. The van der Waals surface area contributed by atoms with Crippen LogP contribution in [0, 0.1) is 0 Å². The van der Waals surface area contributed by atoms with Gasteiger partial charge in [0.25, 0.3) is 5.91 Å². The predicted molar refractivity (Wildman–Crippen MR) is 121 cm³/mol. The molecule has 1 aliphatic rings. The lowest BCUT2D eigenvalue weighted by atomic mass is 10.0. The number of rotatable bonds is 7. The van der Waals surface area contributed by atoms with Crippen molar-refractivity contribution in [1.82, 2.24) is 25.5 Å². The molecule has 7 heteroatoms. The number of carbonyl (C=O) groups is 1. The summed E-state index contributed by atoms with van der Waals surface area (Å²) in [7, 11) is 0. The molecule has 1 fully saturated rings. The van der Waals surface area contributed by atoms with Crippen LogP contribution < -0.4 is 10.6 Å². The lowest BCUT2D eigenvalue weighted by molar-refractivity contribution is 0.0954. The van der Waals surface area contributed by atoms with E-state index in [1.807, 2.05) is 36.7 Å². The summed E-state index contributed by atoms with van der Waals surface area (Å²) < 4.78 is 0. The van der Waals surface area contributed by atoms with Crippen LogP contribution in [-0.4, -0.2) is 38.2 Å². The third-order valence-corrected chi connectivity index (χ3v) is 5.79. The summed E-state index contributed by atoms with van der Waals surface area (Å²) in [5, 5.41) is 14.5. The number of benzene rings is 1. The van der Waals surface area contributed by atoms with Crippen LogP contribution in [0.15, 0.2) is 61.3 Å². The number of nitrogens with one attached hydrogen (secondary N) is 3. The van der Waals surface area contributed by atoms with Crippen LogP contribution in [-0.2, 0) is 6.42 Å². The summed E-state index contributed by atoms with van der Waals surface area (Å²) in [6.45, 7) is 2.72. The molecular weight excluding hydrogens is 388 g/mol. The van der Waals surface area contributed by atoms with E-state index in [4.69, 9.17) is 0 Å². The number of carbonyl (C=O) groups excluding carboxylic acids is 1. The lowest BCUT2D eigenvalue weighted by Gasteiger charge is -2.19. The smallest absolute Gasteiger partial charge is 0.254 e. The molecular formula is C24H24N6O. The number of aromatic nitrogens is 4. The van der Waals surface area contributed by atoms with Gasteiger partial charge in [0.15, 0.2) is 0 Å². The Morgan fingerprint density at radius 1 is 1.16 bits per heavy atom. The van der Waals surface area contributed by atoms with Gasteiger partial charge in [0.05, 0.1) is 23.0 Å². The normalized spacial score (nSPS) is 14.4. The Morgan fingerprint density at radius 2 is 2.06 bits per heavy atom. The fourth-order valence-corrected chi connectivity index (χ4v) is 3.66. The highest BCUT2D eigenvalue weighted by molar-refractivity contribution is 6.08. The van der Waals surface area contributed by atoms with E-state index in [1.54, 1.807) is 18.6 Å². The van der Waals surface area contributed by atoms with Crippen LogP contribution in [0.4, 0.5) is 5.69 Å². The van der Waals surface area contributed by atoms with Crippen LogP contribution in [0.25, 0.3) is 22.0 Å². The quantitative estimate of drug-likeness (QED) is 0.427. The van der Waals surface area contributed by atoms with Crippen LogP contribution in [0.2, 0.25) is 0 Å². The maximum Gasteiger partial charge on any atom is 0.254 e. The van der Waals surface area contributed by atoms with Crippen molar-refractivity contribution in [1.29, 1.82) is 0 Å². The van der Waals surface area contributed by atoms with E-state index in [2.05, 4.69) is 43.8 Å². The topological polar surface area (TPSA) is 95.6 Å². The fraction of sp³-hybridized carbons (Fsp3) is 0.250. The molecule has 4 aromatic rings. The van der Waals surface area contributed by atoms with Crippen molar-refractivity contribution >= 4 is 22.5 Å². The summed E-state index contributed by atoms with van der Waals surface area (Å²) >= 11 is 0. The minimum Gasteiger partial charge on any atom is -0.379 e. The fourth-order valence-electron chi connectivity index (χ4n) is 3.66. The first kappa shape index (κ1) is 19.2. The molecule has 156 valence electrons. The van der Waals surface area contributed by atoms with Gasteiger partial charge in [-0.25, -0.2) is 0 Å². The Labute approximate surface area is 180 Å². The highest BCUT2D eigenvalue weighted by Crippen LogP contribution is 2.41. The standard InChI is InChI=1S/C24H24N6O/c1-24(7-8-24)30-22-19-11-17(18-13-28-29-14-18)4-5-21(19)27-15-20(22)23(31)26-10-6-16-3-2-9-25-12-16/h2-5,9,11-15H,6-8,10H2,1H3,(H,26,31)(H,27,30)(H,28,29). The van der Waals surface area contributed by atoms with E-state index < -0.39 is 0 Å². The molecule has 0 radical (unpaired) electrons. The molecule has 1 aromatic carbocycles. The summed E-state index contributed by atoms with van der Waals surface area (Å²) in [6, 6.07) is 10.0. The highest BCUT2D eigenvalue weighted by Gasteiger charge is 2.38. The SMILES string of the molecule is CC1(Nc2c(C(=O)NCCc3cccnc3)cnc3ccc(-c4cn[nH]c4)cc23)CC1. The first-order valence-corrected chi connectivity index (χ1v) is 10.5. The second-order valence-electron chi connectivity index (χ2n) is 8.32. The van der Waals surface area contributed by atoms with Crippen molar-refractivity contribution in [3.05, 3.63) is 72.4 Å². The minimum absolute atomic E-state index is 0.0185. The maximum atomic E-state index is 13.1.